The van der Waals surface area contributed by atoms with Gasteiger partial charge in [-0.2, -0.15) is 0 Å². The summed E-state index contributed by atoms with van der Waals surface area (Å²) in [5, 5.41) is 0.596. The number of likely N-dealkylation sites (N-methyl/N-ethyl adjacent to an activating group) is 1. The molecule has 0 spiro atoms. The summed E-state index contributed by atoms with van der Waals surface area (Å²) in [6.07, 6.45) is 4.06. The summed E-state index contributed by atoms with van der Waals surface area (Å²) in [5.41, 5.74) is 1.61. The first-order valence-electron chi connectivity index (χ1n) is 11.4. The number of fused-ring (bicyclic) bond motifs is 1. The number of esters is 1. The van der Waals surface area contributed by atoms with Gasteiger partial charge in [0.25, 0.3) is 11.8 Å². The number of halogens is 1. The van der Waals surface area contributed by atoms with Gasteiger partial charge in [0, 0.05) is 61.5 Å². The van der Waals surface area contributed by atoms with Crippen LogP contribution in [0, 0.1) is 5.92 Å². The highest BCUT2D eigenvalue weighted by molar-refractivity contribution is 6.30. The van der Waals surface area contributed by atoms with Gasteiger partial charge in [0.15, 0.2) is 0 Å². The first kappa shape index (κ1) is 22.6. The van der Waals surface area contributed by atoms with Crippen LogP contribution in [-0.4, -0.2) is 78.4 Å². The third-order valence-electron chi connectivity index (χ3n) is 6.85. The summed E-state index contributed by atoms with van der Waals surface area (Å²) in [6, 6.07) is 7.02. The Labute approximate surface area is 193 Å². The zero-order valence-corrected chi connectivity index (χ0v) is 19.4. The van der Waals surface area contributed by atoms with E-state index in [2.05, 4.69) is 4.90 Å². The molecule has 3 aliphatic rings. The van der Waals surface area contributed by atoms with Crippen molar-refractivity contribution in [2.75, 3.05) is 39.8 Å². The molecule has 0 radical (unpaired) electrons. The molecule has 1 saturated carbocycles. The normalized spacial score (nSPS) is 23.8. The molecular formula is C24H30ClN3O4. The summed E-state index contributed by atoms with van der Waals surface area (Å²) >= 11 is 5.94. The number of ether oxygens (including phenoxy) is 1. The molecule has 1 aliphatic carbocycles. The zero-order valence-electron chi connectivity index (χ0n) is 18.7. The molecule has 2 amide bonds. The number of hydrogen-bond donors (Lipinski definition) is 0. The Morgan fingerprint density at radius 3 is 2.38 bits per heavy atom. The lowest BCUT2D eigenvalue weighted by atomic mass is 9.76. The lowest BCUT2D eigenvalue weighted by Crippen LogP contribution is -2.56. The predicted octanol–water partition coefficient (Wildman–Crippen LogP) is 2.95. The Balaban J connectivity index is 1.58. The van der Waals surface area contributed by atoms with Gasteiger partial charge in [-0.25, -0.2) is 4.79 Å². The van der Waals surface area contributed by atoms with E-state index in [4.69, 9.17) is 16.3 Å². The maximum atomic E-state index is 13.2. The molecule has 2 unspecified atom stereocenters. The molecule has 2 aliphatic heterocycles. The average Bonchev–Trinajstić information content (AvgIpc) is 2.81. The Morgan fingerprint density at radius 1 is 1.06 bits per heavy atom. The van der Waals surface area contributed by atoms with Gasteiger partial charge in [0.2, 0.25) is 0 Å². The second-order valence-corrected chi connectivity index (χ2v) is 9.08. The maximum Gasteiger partial charge on any atom is 0.345 e. The summed E-state index contributed by atoms with van der Waals surface area (Å²) in [5.74, 6) is -0.690. The standard InChI is InChI=1S/C24H30ClN3O4/c1-3-32-24(31)20-21(18-6-4-5-7-19(18)26(2)23(20)30)27-12-14-28(15-13-27)22(29)16-8-10-17(25)11-9-16/h8-11,18-19H,3-7,12-15H2,1-2H3. The molecule has 2 atom stereocenters. The van der Waals surface area contributed by atoms with E-state index in [1.807, 2.05) is 4.90 Å². The highest BCUT2D eigenvalue weighted by Crippen LogP contribution is 2.40. The molecule has 7 nitrogen and oxygen atoms in total. The van der Waals surface area contributed by atoms with Crippen LogP contribution >= 0.6 is 11.6 Å². The summed E-state index contributed by atoms with van der Waals surface area (Å²) in [4.78, 5) is 44.6. The molecule has 0 aromatic heterocycles. The molecule has 2 fully saturated rings. The quantitative estimate of drug-likeness (QED) is 0.511. The number of piperazine rings is 1. The second kappa shape index (κ2) is 9.53. The molecule has 1 saturated heterocycles. The van der Waals surface area contributed by atoms with Gasteiger partial charge in [-0.1, -0.05) is 24.4 Å². The Bertz CT molecular complexity index is 922. The van der Waals surface area contributed by atoms with Gasteiger partial charge in [0.1, 0.15) is 5.57 Å². The van der Waals surface area contributed by atoms with Gasteiger partial charge < -0.3 is 19.4 Å². The molecule has 172 valence electrons. The van der Waals surface area contributed by atoms with E-state index < -0.39 is 5.97 Å². The maximum absolute atomic E-state index is 13.2. The smallest absolute Gasteiger partial charge is 0.345 e. The van der Waals surface area contributed by atoms with Gasteiger partial charge in [-0.3, -0.25) is 9.59 Å². The van der Waals surface area contributed by atoms with Crippen molar-refractivity contribution >= 4 is 29.4 Å². The molecule has 1 aromatic rings. The number of amides is 2. The van der Waals surface area contributed by atoms with Crippen molar-refractivity contribution in [3.8, 4) is 0 Å². The van der Waals surface area contributed by atoms with Crippen LogP contribution in [0.2, 0.25) is 5.02 Å². The third kappa shape index (κ3) is 4.22. The largest absolute Gasteiger partial charge is 0.462 e. The van der Waals surface area contributed by atoms with E-state index in [9.17, 15) is 14.4 Å². The molecule has 8 heteroatoms. The minimum absolute atomic E-state index is 0.0316. The van der Waals surface area contributed by atoms with Crippen molar-refractivity contribution in [2.45, 2.75) is 38.6 Å². The number of rotatable bonds is 4. The molecule has 0 bridgehead atoms. The number of carbonyl (C=O) groups is 3. The van der Waals surface area contributed by atoms with Gasteiger partial charge in [-0.15, -0.1) is 0 Å². The van der Waals surface area contributed by atoms with Crippen molar-refractivity contribution < 1.29 is 19.1 Å². The molecule has 32 heavy (non-hydrogen) atoms. The Morgan fingerprint density at radius 2 is 1.72 bits per heavy atom. The third-order valence-corrected chi connectivity index (χ3v) is 7.10. The fourth-order valence-corrected chi connectivity index (χ4v) is 5.35. The van der Waals surface area contributed by atoms with Crippen LogP contribution in [0.15, 0.2) is 35.5 Å². The van der Waals surface area contributed by atoms with Crippen molar-refractivity contribution in [3.63, 3.8) is 0 Å². The molecule has 0 N–H and O–H groups in total. The van der Waals surface area contributed by atoms with Crippen LogP contribution in [0.1, 0.15) is 43.0 Å². The van der Waals surface area contributed by atoms with Crippen molar-refractivity contribution in [1.82, 2.24) is 14.7 Å². The highest BCUT2D eigenvalue weighted by Gasteiger charge is 2.46. The van der Waals surface area contributed by atoms with Gasteiger partial charge in [0.05, 0.1) is 6.61 Å². The van der Waals surface area contributed by atoms with Gasteiger partial charge >= 0.3 is 5.97 Å². The number of nitrogens with zero attached hydrogens (tertiary/aromatic N) is 3. The fraction of sp³-hybridized carbons (Fsp3) is 0.542. The molecule has 2 heterocycles. The molecule has 1 aromatic carbocycles. The minimum atomic E-state index is -0.539. The van der Waals surface area contributed by atoms with E-state index in [1.54, 1.807) is 43.1 Å². The van der Waals surface area contributed by atoms with Crippen molar-refractivity contribution in [2.24, 2.45) is 5.92 Å². The first-order chi connectivity index (χ1) is 15.4. The molecular weight excluding hydrogens is 430 g/mol. The lowest BCUT2D eigenvalue weighted by molar-refractivity contribution is -0.144. The van der Waals surface area contributed by atoms with Crippen LogP contribution in [0.25, 0.3) is 0 Å². The average molecular weight is 460 g/mol. The minimum Gasteiger partial charge on any atom is -0.462 e. The number of hydrogen-bond acceptors (Lipinski definition) is 5. The molecule has 4 rings (SSSR count). The van der Waals surface area contributed by atoms with E-state index in [0.29, 0.717) is 36.8 Å². The van der Waals surface area contributed by atoms with Gasteiger partial charge in [-0.05, 0) is 44.0 Å². The predicted molar refractivity (Wildman–Crippen MR) is 121 cm³/mol. The SMILES string of the molecule is CCOC(=O)C1=C(N2CCN(C(=O)c3ccc(Cl)cc3)CC2)C2CCCCC2N(C)C1=O. The van der Waals surface area contributed by atoms with E-state index in [1.165, 1.54) is 0 Å². The lowest BCUT2D eigenvalue weighted by Gasteiger charge is -2.48. The van der Waals surface area contributed by atoms with Crippen molar-refractivity contribution in [3.05, 3.63) is 46.1 Å². The highest BCUT2D eigenvalue weighted by atomic mass is 35.5. The first-order valence-corrected chi connectivity index (χ1v) is 11.8. The summed E-state index contributed by atoms with van der Waals surface area (Å²) in [7, 11) is 1.80. The number of carbonyl (C=O) groups excluding carboxylic acids is 3. The monoisotopic (exact) mass is 459 g/mol. The fourth-order valence-electron chi connectivity index (χ4n) is 5.23. The van der Waals surface area contributed by atoms with Crippen molar-refractivity contribution in [1.29, 1.82) is 0 Å². The van der Waals surface area contributed by atoms with E-state index in [-0.39, 0.29) is 36.0 Å². The zero-order chi connectivity index (χ0) is 22.8. The number of benzene rings is 1. The second-order valence-electron chi connectivity index (χ2n) is 8.64. The van der Waals surface area contributed by atoms with E-state index >= 15 is 0 Å². The van der Waals surface area contributed by atoms with Crippen LogP contribution < -0.4 is 0 Å². The van der Waals surface area contributed by atoms with E-state index in [0.717, 1.165) is 31.4 Å². The Hall–Kier alpha value is -2.54. The van der Waals surface area contributed by atoms with Crippen LogP contribution in [0.3, 0.4) is 0 Å². The Kier molecular flexibility index (Phi) is 6.74. The van der Waals surface area contributed by atoms with Crippen LogP contribution in [-0.2, 0) is 14.3 Å². The topological polar surface area (TPSA) is 70.2 Å². The van der Waals surface area contributed by atoms with Crippen LogP contribution in [0.5, 0.6) is 0 Å². The van der Waals surface area contributed by atoms with Crippen LogP contribution in [0.4, 0.5) is 0 Å². The summed E-state index contributed by atoms with van der Waals surface area (Å²) in [6.45, 7) is 4.20. The summed E-state index contributed by atoms with van der Waals surface area (Å²) < 4.78 is 5.28.